The van der Waals surface area contributed by atoms with E-state index < -0.39 is 10.8 Å². The Bertz CT molecular complexity index is 398. The number of hydrogen-bond donors (Lipinski definition) is 1. The first-order valence-electron chi connectivity index (χ1n) is 5.37. The van der Waals surface area contributed by atoms with E-state index in [1.165, 1.54) is 0 Å². The zero-order valence-electron chi connectivity index (χ0n) is 10.3. The fourth-order valence-electron chi connectivity index (χ4n) is 1.57. The molecule has 0 aliphatic carbocycles. The lowest BCUT2D eigenvalue weighted by atomic mass is 10.2. The van der Waals surface area contributed by atoms with Gasteiger partial charge in [-0.05, 0) is 30.7 Å². The molecule has 2 atom stereocenters. The van der Waals surface area contributed by atoms with Crippen LogP contribution in [-0.4, -0.2) is 30.2 Å². The highest BCUT2D eigenvalue weighted by atomic mass is 35.5. The number of nitrogens with one attached hydrogen (secondary N) is 1. The lowest BCUT2D eigenvalue weighted by Gasteiger charge is -2.15. The number of hydrogen-bond acceptors (Lipinski definition) is 3. The first-order chi connectivity index (χ1) is 8.02. The lowest BCUT2D eigenvalue weighted by Crippen LogP contribution is -2.20. The average Bonchev–Trinajstić information content (AvgIpc) is 2.22. The van der Waals surface area contributed by atoms with Gasteiger partial charge >= 0.3 is 0 Å². The average molecular weight is 276 g/mol. The Morgan fingerprint density at radius 1 is 1.53 bits per heavy atom. The topological polar surface area (TPSA) is 38.3 Å². The van der Waals surface area contributed by atoms with Gasteiger partial charge < -0.3 is 10.1 Å². The molecule has 0 aromatic heterocycles. The van der Waals surface area contributed by atoms with Crippen molar-refractivity contribution in [2.45, 2.75) is 18.7 Å². The molecule has 0 bridgehead atoms. The highest BCUT2D eigenvalue weighted by Gasteiger charge is 2.06. The summed E-state index contributed by atoms with van der Waals surface area (Å²) in [4.78, 5) is 0. The van der Waals surface area contributed by atoms with E-state index in [1.807, 2.05) is 25.1 Å². The lowest BCUT2D eigenvalue weighted by molar-refractivity contribution is 0.190. The third-order valence-electron chi connectivity index (χ3n) is 2.23. The normalized spacial score (nSPS) is 14.4. The molecule has 0 amide bonds. The van der Waals surface area contributed by atoms with Crippen molar-refractivity contribution in [3.63, 3.8) is 0 Å². The molecular weight excluding hydrogens is 258 g/mol. The number of ether oxygens (including phenoxy) is 1. The van der Waals surface area contributed by atoms with Gasteiger partial charge in [0.15, 0.2) is 0 Å². The Hall–Kier alpha value is -0.580. The van der Waals surface area contributed by atoms with Gasteiger partial charge in [0.25, 0.3) is 0 Å². The van der Waals surface area contributed by atoms with Crippen LogP contribution in [0.3, 0.4) is 0 Å². The van der Waals surface area contributed by atoms with Crippen LogP contribution in [0.4, 0.5) is 5.69 Å². The zero-order valence-corrected chi connectivity index (χ0v) is 11.9. The Morgan fingerprint density at radius 2 is 2.24 bits per heavy atom. The molecule has 0 heterocycles. The summed E-state index contributed by atoms with van der Waals surface area (Å²) in [6.07, 6.45) is 1.67. The van der Waals surface area contributed by atoms with Crippen LogP contribution in [0.2, 0.25) is 5.02 Å². The third kappa shape index (κ3) is 5.06. The summed E-state index contributed by atoms with van der Waals surface area (Å²) < 4.78 is 16.3. The van der Waals surface area contributed by atoms with Crippen LogP contribution in [0, 0.1) is 0 Å². The summed E-state index contributed by atoms with van der Waals surface area (Å²) in [5.41, 5.74) is 1.88. The molecule has 0 fully saturated rings. The molecule has 0 aliphatic heterocycles. The molecule has 0 saturated heterocycles. The minimum atomic E-state index is -0.888. The number of halogens is 1. The van der Waals surface area contributed by atoms with Gasteiger partial charge in [-0.2, -0.15) is 0 Å². The summed E-state index contributed by atoms with van der Waals surface area (Å²) >= 11 is 6.05. The van der Waals surface area contributed by atoms with Gasteiger partial charge in [0.1, 0.15) is 0 Å². The molecule has 0 aliphatic rings. The number of benzene rings is 1. The molecule has 0 saturated carbocycles. The van der Waals surface area contributed by atoms with Crippen LogP contribution in [0.25, 0.3) is 0 Å². The van der Waals surface area contributed by atoms with Gasteiger partial charge in [0, 0.05) is 46.7 Å². The van der Waals surface area contributed by atoms with E-state index >= 15 is 0 Å². The highest BCUT2D eigenvalue weighted by Crippen LogP contribution is 2.22. The predicted molar refractivity (Wildman–Crippen MR) is 74.2 cm³/mol. The Morgan fingerprint density at radius 3 is 2.82 bits per heavy atom. The summed E-state index contributed by atoms with van der Waals surface area (Å²) in [5, 5.41) is 3.96. The minimum Gasteiger partial charge on any atom is -0.383 e. The number of rotatable bonds is 6. The van der Waals surface area contributed by atoms with Crippen molar-refractivity contribution in [3.05, 3.63) is 28.8 Å². The summed E-state index contributed by atoms with van der Waals surface area (Å²) in [6, 6.07) is 5.90. The molecule has 0 radical (unpaired) electrons. The van der Waals surface area contributed by atoms with Crippen molar-refractivity contribution in [2.75, 3.05) is 25.3 Å². The molecular formula is C12H18ClNO2S. The van der Waals surface area contributed by atoms with Crippen LogP contribution in [-0.2, 0) is 21.3 Å². The van der Waals surface area contributed by atoms with Crippen molar-refractivity contribution in [2.24, 2.45) is 0 Å². The van der Waals surface area contributed by atoms with E-state index in [9.17, 15) is 4.21 Å². The fourth-order valence-corrected chi connectivity index (χ4v) is 2.51. The maximum absolute atomic E-state index is 11.2. The van der Waals surface area contributed by atoms with Gasteiger partial charge in [-0.3, -0.25) is 4.21 Å². The Balaban J connectivity index is 2.77. The molecule has 1 aromatic carbocycles. The van der Waals surface area contributed by atoms with E-state index in [-0.39, 0.29) is 6.04 Å². The van der Waals surface area contributed by atoms with Crippen molar-refractivity contribution in [1.29, 1.82) is 0 Å². The second kappa shape index (κ2) is 6.99. The van der Waals surface area contributed by atoms with Crippen LogP contribution in [0.15, 0.2) is 18.2 Å². The van der Waals surface area contributed by atoms with E-state index in [1.54, 1.807) is 13.4 Å². The van der Waals surface area contributed by atoms with E-state index in [0.717, 1.165) is 11.3 Å². The number of anilines is 1. The molecule has 1 rings (SSSR count). The summed E-state index contributed by atoms with van der Waals surface area (Å²) in [5.74, 6) is 0.479. The van der Waals surface area contributed by atoms with Gasteiger partial charge in [0.05, 0.1) is 6.61 Å². The first-order valence-corrected chi connectivity index (χ1v) is 7.47. The molecule has 1 N–H and O–H groups in total. The summed E-state index contributed by atoms with van der Waals surface area (Å²) in [6.45, 7) is 2.67. The maximum Gasteiger partial charge on any atom is 0.0661 e. The van der Waals surface area contributed by atoms with Gasteiger partial charge in [0.2, 0.25) is 0 Å². The van der Waals surface area contributed by atoms with Crippen molar-refractivity contribution >= 4 is 28.1 Å². The molecule has 96 valence electrons. The summed E-state index contributed by atoms with van der Waals surface area (Å²) in [7, 11) is 0.784. The van der Waals surface area contributed by atoms with Crippen LogP contribution < -0.4 is 5.32 Å². The van der Waals surface area contributed by atoms with Gasteiger partial charge in [-0.15, -0.1) is 0 Å². The van der Waals surface area contributed by atoms with E-state index in [0.29, 0.717) is 17.4 Å². The molecule has 3 nitrogen and oxygen atoms in total. The monoisotopic (exact) mass is 275 g/mol. The molecule has 0 spiro atoms. The zero-order chi connectivity index (χ0) is 12.8. The predicted octanol–water partition coefficient (Wildman–Crippen LogP) is 2.67. The fraction of sp³-hybridized carbons (Fsp3) is 0.500. The Kier molecular flexibility index (Phi) is 5.95. The quantitative estimate of drug-likeness (QED) is 0.867. The highest BCUT2D eigenvalue weighted by molar-refractivity contribution is 7.83. The van der Waals surface area contributed by atoms with Crippen LogP contribution in [0.5, 0.6) is 0 Å². The van der Waals surface area contributed by atoms with Crippen molar-refractivity contribution in [1.82, 2.24) is 0 Å². The molecule has 1 aromatic rings. The third-order valence-corrected chi connectivity index (χ3v) is 3.32. The second-order valence-corrected chi connectivity index (χ2v) is 5.87. The van der Waals surface area contributed by atoms with Crippen molar-refractivity contribution < 1.29 is 8.95 Å². The smallest absolute Gasteiger partial charge is 0.0661 e. The van der Waals surface area contributed by atoms with Gasteiger partial charge in [-0.1, -0.05) is 11.6 Å². The van der Waals surface area contributed by atoms with Crippen molar-refractivity contribution in [3.8, 4) is 0 Å². The minimum absolute atomic E-state index is 0.223. The maximum atomic E-state index is 11.2. The van der Waals surface area contributed by atoms with E-state index in [4.69, 9.17) is 16.3 Å². The van der Waals surface area contributed by atoms with Crippen LogP contribution in [0.1, 0.15) is 12.5 Å². The number of methoxy groups -OCH3 is 1. The molecule has 5 heteroatoms. The van der Waals surface area contributed by atoms with E-state index in [2.05, 4.69) is 5.32 Å². The van der Waals surface area contributed by atoms with Gasteiger partial charge in [-0.25, -0.2) is 0 Å². The SMILES string of the molecule is COCC(C)Nc1ccc(Cl)c(CS(C)=O)c1. The molecule has 17 heavy (non-hydrogen) atoms. The standard InChI is InChI=1S/C12H18ClNO2S/c1-9(7-16-2)14-11-4-5-12(13)10(6-11)8-17(3)15/h4-6,9,14H,7-8H2,1-3H3. The second-order valence-electron chi connectivity index (χ2n) is 4.02. The first kappa shape index (κ1) is 14.5. The molecule has 2 unspecified atom stereocenters. The largest absolute Gasteiger partial charge is 0.383 e. The van der Waals surface area contributed by atoms with Crippen LogP contribution >= 0.6 is 11.6 Å². The Labute approximate surface area is 110 Å².